The Balaban J connectivity index is 2.40. The maximum absolute atomic E-state index is 12.1. The van der Waals surface area contributed by atoms with Gasteiger partial charge in [-0.05, 0) is 25.8 Å². The first-order valence-electron chi connectivity index (χ1n) is 5.35. The number of aryl methyl sites for hydroxylation is 2. The number of hydrogen-bond acceptors (Lipinski definition) is 2. The zero-order valence-corrected chi connectivity index (χ0v) is 8.71. The van der Waals surface area contributed by atoms with Crippen LogP contribution < -0.4 is 5.56 Å². The summed E-state index contributed by atoms with van der Waals surface area (Å²) in [5.74, 6) is 0.942. The van der Waals surface area contributed by atoms with Crippen molar-refractivity contribution in [2.75, 3.05) is 0 Å². The summed E-state index contributed by atoms with van der Waals surface area (Å²) in [6.45, 7) is 2.76. The molecule has 1 aliphatic rings. The Labute approximate surface area is 87.0 Å². The molecule has 0 amide bonds. The Morgan fingerprint density at radius 2 is 2.33 bits per heavy atom. The fraction of sp³-hybridized carbons (Fsp3) is 0.455. The zero-order chi connectivity index (χ0) is 10.4. The summed E-state index contributed by atoms with van der Waals surface area (Å²) in [5, 5.41) is 0. The van der Waals surface area contributed by atoms with Gasteiger partial charge in [0.15, 0.2) is 0 Å². The van der Waals surface area contributed by atoms with E-state index in [1.54, 1.807) is 0 Å². The predicted octanol–water partition coefficient (Wildman–Crippen LogP) is 1.37. The fourth-order valence-electron chi connectivity index (χ4n) is 2.25. The van der Waals surface area contributed by atoms with Gasteiger partial charge < -0.3 is 4.98 Å². The summed E-state index contributed by atoms with van der Waals surface area (Å²) < 4.78 is 1.81. The molecule has 78 valence electrons. The minimum Gasteiger partial charge on any atom is -0.353 e. The molecule has 0 spiro atoms. The third-order valence-corrected chi connectivity index (χ3v) is 2.98. The molecule has 3 rings (SSSR count). The minimum atomic E-state index is 0.0859. The highest BCUT2D eigenvalue weighted by molar-refractivity contribution is 5.74. The second-order valence-corrected chi connectivity index (χ2v) is 4.15. The topological polar surface area (TPSA) is 50.7 Å². The van der Waals surface area contributed by atoms with Gasteiger partial charge in [-0.3, -0.25) is 9.36 Å². The van der Waals surface area contributed by atoms with E-state index in [4.69, 9.17) is 0 Å². The lowest BCUT2D eigenvalue weighted by Crippen LogP contribution is -2.28. The van der Waals surface area contributed by atoms with Crippen LogP contribution in [0.5, 0.6) is 0 Å². The van der Waals surface area contributed by atoms with Crippen molar-refractivity contribution >= 4 is 11.0 Å². The van der Waals surface area contributed by atoms with Crippen molar-refractivity contribution in [2.45, 2.75) is 32.7 Å². The lowest BCUT2D eigenvalue weighted by molar-refractivity contribution is 0.500. The smallest absolute Gasteiger partial charge is 0.277 e. The van der Waals surface area contributed by atoms with Gasteiger partial charge in [-0.2, -0.15) is 0 Å². The first-order valence-corrected chi connectivity index (χ1v) is 5.35. The van der Waals surface area contributed by atoms with E-state index < -0.39 is 0 Å². The Morgan fingerprint density at radius 1 is 1.47 bits per heavy atom. The molecule has 4 nitrogen and oxygen atoms in total. The van der Waals surface area contributed by atoms with E-state index in [1.165, 1.54) is 0 Å². The van der Waals surface area contributed by atoms with Crippen LogP contribution in [0.4, 0.5) is 0 Å². The van der Waals surface area contributed by atoms with Crippen LogP contribution in [0, 0.1) is 6.92 Å². The first-order chi connectivity index (χ1) is 7.25. The number of aromatic nitrogens is 3. The monoisotopic (exact) mass is 203 g/mol. The van der Waals surface area contributed by atoms with Gasteiger partial charge in [-0.1, -0.05) is 0 Å². The van der Waals surface area contributed by atoms with Crippen LogP contribution in [0.2, 0.25) is 0 Å². The molecule has 1 aliphatic heterocycles. The van der Waals surface area contributed by atoms with Crippen molar-refractivity contribution in [2.24, 2.45) is 0 Å². The molecule has 15 heavy (non-hydrogen) atoms. The van der Waals surface area contributed by atoms with Crippen LogP contribution in [0.15, 0.2) is 10.9 Å². The number of aromatic amines is 1. The fourth-order valence-corrected chi connectivity index (χ4v) is 2.25. The van der Waals surface area contributed by atoms with Gasteiger partial charge in [0.2, 0.25) is 0 Å². The molecule has 3 heterocycles. The Morgan fingerprint density at radius 3 is 3.20 bits per heavy atom. The highest BCUT2D eigenvalue weighted by Crippen LogP contribution is 2.14. The molecule has 4 heteroatoms. The van der Waals surface area contributed by atoms with Gasteiger partial charge in [0.05, 0.1) is 5.52 Å². The largest absolute Gasteiger partial charge is 0.353 e. The van der Waals surface area contributed by atoms with Crippen LogP contribution in [-0.4, -0.2) is 14.5 Å². The molecule has 2 aromatic rings. The summed E-state index contributed by atoms with van der Waals surface area (Å²) >= 11 is 0. The van der Waals surface area contributed by atoms with Crippen molar-refractivity contribution in [3.8, 4) is 0 Å². The number of H-pyrrole nitrogens is 1. The maximum Gasteiger partial charge on any atom is 0.277 e. The first kappa shape index (κ1) is 8.71. The SMILES string of the molecule is Cc1cc2nc3n(c(=O)c2[nH]1)CCCC3. The van der Waals surface area contributed by atoms with Crippen molar-refractivity contribution in [1.82, 2.24) is 14.5 Å². The number of rotatable bonds is 0. The van der Waals surface area contributed by atoms with E-state index in [0.29, 0.717) is 5.52 Å². The van der Waals surface area contributed by atoms with Gasteiger partial charge in [0.1, 0.15) is 11.3 Å². The highest BCUT2D eigenvalue weighted by Gasteiger charge is 2.15. The number of fused-ring (bicyclic) bond motifs is 2. The van der Waals surface area contributed by atoms with Gasteiger partial charge in [0, 0.05) is 18.7 Å². The lowest BCUT2D eigenvalue weighted by atomic mass is 10.1. The van der Waals surface area contributed by atoms with E-state index in [1.807, 2.05) is 17.6 Å². The molecule has 0 radical (unpaired) electrons. The number of hydrogen-bond donors (Lipinski definition) is 1. The number of nitrogens with one attached hydrogen (secondary N) is 1. The Bertz CT molecular complexity index is 579. The third kappa shape index (κ3) is 1.21. The van der Waals surface area contributed by atoms with Crippen molar-refractivity contribution in [1.29, 1.82) is 0 Å². The Kier molecular flexibility index (Phi) is 1.71. The van der Waals surface area contributed by atoms with Gasteiger partial charge in [-0.25, -0.2) is 4.98 Å². The van der Waals surface area contributed by atoms with Crippen molar-refractivity contribution in [3.05, 3.63) is 27.9 Å². The molecule has 0 fully saturated rings. The maximum atomic E-state index is 12.1. The summed E-state index contributed by atoms with van der Waals surface area (Å²) in [6, 6.07) is 1.94. The van der Waals surface area contributed by atoms with E-state index in [0.717, 1.165) is 42.8 Å². The molecule has 0 saturated heterocycles. The summed E-state index contributed by atoms with van der Waals surface area (Å²) in [7, 11) is 0. The van der Waals surface area contributed by atoms with Crippen LogP contribution >= 0.6 is 0 Å². The number of nitrogens with zero attached hydrogens (tertiary/aromatic N) is 2. The molecule has 1 N–H and O–H groups in total. The summed E-state index contributed by atoms with van der Waals surface area (Å²) in [6.07, 6.45) is 3.15. The highest BCUT2D eigenvalue weighted by atomic mass is 16.1. The second-order valence-electron chi connectivity index (χ2n) is 4.15. The average molecular weight is 203 g/mol. The molecule has 2 aromatic heterocycles. The second kappa shape index (κ2) is 2.95. The quantitative estimate of drug-likeness (QED) is 0.703. The van der Waals surface area contributed by atoms with Crippen LogP contribution in [-0.2, 0) is 13.0 Å². The summed E-state index contributed by atoms with van der Waals surface area (Å²) in [5.41, 5.74) is 2.55. The predicted molar refractivity (Wildman–Crippen MR) is 58.0 cm³/mol. The standard InChI is InChI=1S/C11H13N3O/c1-7-6-8-10(12-7)11(15)14-5-3-2-4-9(14)13-8/h6,12H,2-5H2,1H3. The van der Waals surface area contributed by atoms with Crippen LogP contribution in [0.25, 0.3) is 11.0 Å². The van der Waals surface area contributed by atoms with Crippen molar-refractivity contribution < 1.29 is 0 Å². The van der Waals surface area contributed by atoms with Gasteiger partial charge in [-0.15, -0.1) is 0 Å². The van der Waals surface area contributed by atoms with Crippen LogP contribution in [0.1, 0.15) is 24.4 Å². The molecule has 0 bridgehead atoms. The molecule has 0 aliphatic carbocycles. The van der Waals surface area contributed by atoms with Gasteiger partial charge in [0.25, 0.3) is 5.56 Å². The molecular formula is C11H13N3O. The van der Waals surface area contributed by atoms with E-state index in [-0.39, 0.29) is 5.56 Å². The molecule has 0 aromatic carbocycles. The average Bonchev–Trinajstić information content (AvgIpc) is 2.59. The van der Waals surface area contributed by atoms with E-state index >= 15 is 0 Å². The molecule has 0 atom stereocenters. The normalized spacial score (nSPS) is 15.5. The Hall–Kier alpha value is -1.58. The van der Waals surface area contributed by atoms with E-state index in [2.05, 4.69) is 9.97 Å². The van der Waals surface area contributed by atoms with Gasteiger partial charge >= 0.3 is 0 Å². The molecular weight excluding hydrogens is 190 g/mol. The zero-order valence-electron chi connectivity index (χ0n) is 8.71. The van der Waals surface area contributed by atoms with E-state index in [9.17, 15) is 4.79 Å². The molecule has 0 unspecified atom stereocenters. The van der Waals surface area contributed by atoms with Crippen LogP contribution in [0.3, 0.4) is 0 Å². The molecule has 0 saturated carbocycles. The lowest BCUT2D eigenvalue weighted by Gasteiger charge is -2.16. The minimum absolute atomic E-state index is 0.0859. The third-order valence-electron chi connectivity index (χ3n) is 2.98. The summed E-state index contributed by atoms with van der Waals surface area (Å²) in [4.78, 5) is 19.7. The van der Waals surface area contributed by atoms with Crippen molar-refractivity contribution in [3.63, 3.8) is 0 Å².